The van der Waals surface area contributed by atoms with Crippen molar-refractivity contribution in [3.8, 4) is 0 Å². The molecule has 0 aliphatic carbocycles. The molecule has 1 aromatic carbocycles. The van der Waals surface area contributed by atoms with E-state index >= 15 is 0 Å². The number of benzene rings is 1. The maximum atomic E-state index is 11.5. The van der Waals surface area contributed by atoms with Crippen LogP contribution in [0.1, 0.15) is 18.9 Å². The van der Waals surface area contributed by atoms with Crippen LogP contribution in [0.25, 0.3) is 6.08 Å². The van der Waals surface area contributed by atoms with Gasteiger partial charge in [-0.05, 0) is 5.56 Å². The van der Waals surface area contributed by atoms with E-state index in [-0.39, 0.29) is 18.6 Å². The van der Waals surface area contributed by atoms with Gasteiger partial charge in [0, 0.05) is 6.42 Å². The van der Waals surface area contributed by atoms with Crippen molar-refractivity contribution in [2.75, 3.05) is 6.61 Å². The normalized spacial score (nSPS) is 18.7. The zero-order valence-electron chi connectivity index (χ0n) is 10.7. The van der Waals surface area contributed by atoms with Crippen LogP contribution in [0.5, 0.6) is 0 Å². The molecule has 0 bridgehead atoms. The smallest absolute Gasteiger partial charge is 0.429 e. The second kappa shape index (κ2) is 6.04. The molecule has 2 rings (SSSR count). The number of nitrogens with one attached hydrogen (secondary N) is 1. The molecule has 1 aliphatic heterocycles. The van der Waals surface area contributed by atoms with E-state index in [4.69, 9.17) is 4.74 Å². The number of carbonyl (C=O) groups excluding carboxylic acids is 2. The minimum Gasteiger partial charge on any atom is -0.446 e. The van der Waals surface area contributed by atoms with Crippen molar-refractivity contribution >= 4 is 18.1 Å². The van der Waals surface area contributed by atoms with Crippen molar-refractivity contribution in [2.24, 2.45) is 0 Å². The number of carbonyl (C=O) groups is 2. The highest BCUT2D eigenvalue weighted by molar-refractivity contribution is 5.80. The Kier molecular flexibility index (Phi) is 4.18. The summed E-state index contributed by atoms with van der Waals surface area (Å²) in [5.74, 6) is -0.211. The number of ether oxygens (including phenoxy) is 1. The summed E-state index contributed by atoms with van der Waals surface area (Å²) in [6, 6.07) is 9.46. The summed E-state index contributed by atoms with van der Waals surface area (Å²) in [5, 5.41) is 1.23. The van der Waals surface area contributed by atoms with Gasteiger partial charge in [0.2, 0.25) is 5.91 Å². The standard InChI is InChI=1S/C14H16N2O3/c1-2-13(17)15-16-12(10-19-14(16)18)9-8-11-6-4-3-5-7-11/h3-9,12H,2,10H2,1H3,(H,15,17)/b9-8+. The van der Waals surface area contributed by atoms with Gasteiger partial charge >= 0.3 is 6.09 Å². The molecule has 0 aromatic heterocycles. The van der Waals surface area contributed by atoms with Crippen LogP contribution in [0.2, 0.25) is 0 Å². The quantitative estimate of drug-likeness (QED) is 0.900. The highest BCUT2D eigenvalue weighted by Gasteiger charge is 2.32. The molecule has 1 fully saturated rings. The van der Waals surface area contributed by atoms with Gasteiger partial charge in [0.05, 0.1) is 0 Å². The van der Waals surface area contributed by atoms with E-state index in [9.17, 15) is 9.59 Å². The second-order valence-electron chi connectivity index (χ2n) is 4.17. The maximum absolute atomic E-state index is 11.5. The number of rotatable bonds is 4. The Morgan fingerprint density at radius 2 is 2.21 bits per heavy atom. The Hall–Kier alpha value is -2.30. The van der Waals surface area contributed by atoms with Crippen LogP contribution in [0, 0.1) is 0 Å². The summed E-state index contributed by atoms with van der Waals surface area (Å²) < 4.78 is 4.93. The van der Waals surface area contributed by atoms with Crippen LogP contribution in [-0.2, 0) is 9.53 Å². The van der Waals surface area contributed by atoms with Gasteiger partial charge in [-0.3, -0.25) is 10.2 Å². The van der Waals surface area contributed by atoms with Crippen molar-refractivity contribution < 1.29 is 14.3 Å². The molecule has 0 saturated carbocycles. The van der Waals surface area contributed by atoms with Crippen molar-refractivity contribution in [1.82, 2.24) is 10.4 Å². The molecule has 19 heavy (non-hydrogen) atoms. The fourth-order valence-electron chi connectivity index (χ4n) is 1.71. The fraction of sp³-hybridized carbons (Fsp3) is 0.286. The zero-order valence-corrected chi connectivity index (χ0v) is 10.7. The first-order chi connectivity index (χ1) is 9.20. The number of hydrogen-bond donors (Lipinski definition) is 1. The molecular weight excluding hydrogens is 244 g/mol. The number of hydrazine groups is 1. The summed E-state index contributed by atoms with van der Waals surface area (Å²) in [6.07, 6.45) is 3.54. The van der Waals surface area contributed by atoms with E-state index < -0.39 is 6.09 Å². The monoisotopic (exact) mass is 260 g/mol. The average Bonchev–Trinajstić information content (AvgIpc) is 2.78. The SMILES string of the molecule is CCC(=O)NN1C(=O)OCC1/C=C/c1ccccc1. The molecule has 2 amide bonds. The molecule has 1 atom stereocenters. The van der Waals surface area contributed by atoms with Crippen LogP contribution in [-0.4, -0.2) is 29.7 Å². The van der Waals surface area contributed by atoms with Crippen molar-refractivity contribution in [3.05, 3.63) is 42.0 Å². The molecule has 1 aromatic rings. The third-order valence-corrected chi connectivity index (χ3v) is 2.78. The summed E-state index contributed by atoms with van der Waals surface area (Å²) in [7, 11) is 0. The number of cyclic esters (lactones) is 1. The van der Waals surface area contributed by atoms with Crippen molar-refractivity contribution in [3.63, 3.8) is 0 Å². The largest absolute Gasteiger partial charge is 0.446 e. The Labute approximate surface area is 111 Å². The number of hydrogen-bond acceptors (Lipinski definition) is 3. The third-order valence-electron chi connectivity index (χ3n) is 2.78. The molecule has 1 N–H and O–H groups in total. The number of amides is 2. The molecule has 100 valence electrons. The molecule has 0 radical (unpaired) electrons. The summed E-state index contributed by atoms with van der Waals surface area (Å²) in [5.41, 5.74) is 3.56. The van der Waals surface area contributed by atoms with E-state index in [0.29, 0.717) is 6.42 Å². The molecule has 1 saturated heterocycles. The van der Waals surface area contributed by atoms with E-state index in [0.717, 1.165) is 5.56 Å². The van der Waals surface area contributed by atoms with Crippen LogP contribution >= 0.6 is 0 Å². The minimum atomic E-state index is -0.524. The molecular formula is C14H16N2O3. The second-order valence-corrected chi connectivity index (χ2v) is 4.17. The molecule has 0 spiro atoms. The van der Waals surface area contributed by atoms with Crippen LogP contribution in [0.3, 0.4) is 0 Å². The summed E-state index contributed by atoms with van der Waals surface area (Å²) >= 11 is 0. The highest BCUT2D eigenvalue weighted by atomic mass is 16.6. The Bertz CT molecular complexity index is 485. The molecule has 5 heteroatoms. The topological polar surface area (TPSA) is 58.6 Å². The average molecular weight is 260 g/mol. The van der Waals surface area contributed by atoms with E-state index in [1.54, 1.807) is 6.92 Å². The van der Waals surface area contributed by atoms with Crippen molar-refractivity contribution in [1.29, 1.82) is 0 Å². The Morgan fingerprint density at radius 3 is 2.89 bits per heavy atom. The predicted octanol–water partition coefficient (Wildman–Crippen LogP) is 1.96. The molecule has 1 unspecified atom stereocenters. The van der Waals surface area contributed by atoms with Gasteiger partial charge in [-0.2, -0.15) is 0 Å². The first kappa shape index (κ1) is 13.1. The lowest BCUT2D eigenvalue weighted by molar-refractivity contribution is -0.124. The lowest BCUT2D eigenvalue weighted by atomic mass is 10.2. The maximum Gasteiger partial charge on any atom is 0.429 e. The first-order valence-corrected chi connectivity index (χ1v) is 6.19. The van der Waals surface area contributed by atoms with E-state index in [2.05, 4.69) is 5.43 Å². The first-order valence-electron chi connectivity index (χ1n) is 6.19. The van der Waals surface area contributed by atoms with Crippen molar-refractivity contribution in [2.45, 2.75) is 19.4 Å². The van der Waals surface area contributed by atoms with Gasteiger partial charge in [-0.15, -0.1) is 0 Å². The van der Waals surface area contributed by atoms with E-state index in [1.807, 2.05) is 42.5 Å². The van der Waals surface area contributed by atoms with Crippen LogP contribution < -0.4 is 5.43 Å². The Balaban J connectivity index is 2.04. The lowest BCUT2D eigenvalue weighted by Gasteiger charge is -2.18. The fourth-order valence-corrected chi connectivity index (χ4v) is 1.71. The third kappa shape index (κ3) is 3.34. The molecule has 5 nitrogen and oxygen atoms in total. The van der Waals surface area contributed by atoms with Gasteiger partial charge in [0.1, 0.15) is 12.6 Å². The van der Waals surface area contributed by atoms with Gasteiger partial charge in [-0.1, -0.05) is 49.4 Å². The predicted molar refractivity (Wildman–Crippen MR) is 70.9 cm³/mol. The van der Waals surface area contributed by atoms with E-state index in [1.165, 1.54) is 5.01 Å². The van der Waals surface area contributed by atoms with Gasteiger partial charge in [0.25, 0.3) is 0 Å². The molecule has 1 aliphatic rings. The van der Waals surface area contributed by atoms with Crippen LogP contribution in [0.4, 0.5) is 4.79 Å². The van der Waals surface area contributed by atoms with Crippen LogP contribution in [0.15, 0.2) is 36.4 Å². The summed E-state index contributed by atoms with van der Waals surface area (Å²) in [4.78, 5) is 22.9. The highest BCUT2D eigenvalue weighted by Crippen LogP contribution is 2.13. The minimum absolute atomic E-state index is 0.211. The van der Waals surface area contributed by atoms with Gasteiger partial charge in [-0.25, -0.2) is 9.80 Å². The van der Waals surface area contributed by atoms with Gasteiger partial charge in [0.15, 0.2) is 0 Å². The lowest BCUT2D eigenvalue weighted by Crippen LogP contribution is -2.46. The Morgan fingerprint density at radius 1 is 1.47 bits per heavy atom. The number of nitrogens with zero attached hydrogens (tertiary/aromatic N) is 1. The van der Waals surface area contributed by atoms with Gasteiger partial charge < -0.3 is 4.74 Å². The zero-order chi connectivity index (χ0) is 13.7. The molecule has 1 heterocycles. The summed E-state index contributed by atoms with van der Waals surface area (Å²) in [6.45, 7) is 1.97.